The number of carbonyl (C=O) groups excluding carboxylic acids is 2. The molecule has 2 amide bonds. The number of nitro groups is 1. The van der Waals surface area contributed by atoms with E-state index in [0.29, 0.717) is 5.69 Å². The molecular formula is C16H24N4O4. The van der Waals surface area contributed by atoms with Gasteiger partial charge in [-0.15, -0.1) is 0 Å². The summed E-state index contributed by atoms with van der Waals surface area (Å²) in [5.74, 6) is -0.370. The Hall–Kier alpha value is -2.48. The summed E-state index contributed by atoms with van der Waals surface area (Å²) in [6.45, 7) is 5.83. The Labute approximate surface area is 141 Å². The van der Waals surface area contributed by atoms with Crippen molar-refractivity contribution < 1.29 is 14.5 Å². The van der Waals surface area contributed by atoms with Crippen molar-refractivity contribution in [2.45, 2.75) is 26.3 Å². The largest absolute Gasteiger partial charge is 0.350 e. The summed E-state index contributed by atoms with van der Waals surface area (Å²) in [4.78, 5) is 37.3. The van der Waals surface area contributed by atoms with E-state index >= 15 is 0 Å². The topological polar surface area (TPSA) is 95.8 Å². The van der Waals surface area contributed by atoms with Gasteiger partial charge in [0.2, 0.25) is 11.8 Å². The molecule has 0 radical (unpaired) electrons. The van der Waals surface area contributed by atoms with Gasteiger partial charge in [0.25, 0.3) is 5.69 Å². The molecule has 0 heterocycles. The fourth-order valence-electron chi connectivity index (χ4n) is 2.04. The maximum Gasteiger partial charge on any atom is 0.269 e. The average Bonchev–Trinajstić information content (AvgIpc) is 2.44. The van der Waals surface area contributed by atoms with E-state index < -0.39 is 4.92 Å². The highest BCUT2D eigenvalue weighted by molar-refractivity contribution is 5.94. The molecule has 0 spiro atoms. The number of likely N-dealkylation sites (N-methyl/N-ethyl adjacent to an activating group) is 2. The number of nitrogens with zero attached hydrogens (tertiary/aromatic N) is 3. The Morgan fingerprint density at radius 1 is 1.12 bits per heavy atom. The number of non-ortho nitro benzene ring substituents is 1. The smallest absolute Gasteiger partial charge is 0.269 e. The van der Waals surface area contributed by atoms with Gasteiger partial charge in [-0.05, 0) is 40.0 Å². The fourth-order valence-corrected chi connectivity index (χ4v) is 2.04. The first-order chi connectivity index (χ1) is 11.0. The minimum absolute atomic E-state index is 0.0319. The summed E-state index contributed by atoms with van der Waals surface area (Å²) in [6.07, 6.45) is 0. The SMILES string of the molecule is CN(CC(=O)NC(C)(C)C)CC(=O)N(C)c1ccc([N+](=O)[O-])cc1. The molecule has 132 valence electrons. The van der Waals surface area contributed by atoms with Crippen LogP contribution in [0.15, 0.2) is 24.3 Å². The van der Waals surface area contributed by atoms with E-state index in [-0.39, 0.29) is 36.1 Å². The van der Waals surface area contributed by atoms with Crippen LogP contribution in [0.5, 0.6) is 0 Å². The summed E-state index contributed by atoms with van der Waals surface area (Å²) in [5, 5.41) is 13.5. The highest BCUT2D eigenvalue weighted by atomic mass is 16.6. The van der Waals surface area contributed by atoms with E-state index in [1.54, 1.807) is 19.0 Å². The molecule has 8 heteroatoms. The van der Waals surface area contributed by atoms with E-state index in [0.717, 1.165) is 0 Å². The quantitative estimate of drug-likeness (QED) is 0.626. The standard InChI is InChI=1S/C16H24N4O4/c1-16(2,3)17-14(21)10-18(4)11-15(22)19(5)12-6-8-13(9-7-12)20(23)24/h6-9H,10-11H2,1-5H3,(H,17,21). The third kappa shape index (κ3) is 6.33. The van der Waals surface area contributed by atoms with Crippen LogP contribution in [0.3, 0.4) is 0 Å². The molecule has 0 bridgehead atoms. The monoisotopic (exact) mass is 336 g/mol. The maximum absolute atomic E-state index is 12.3. The molecule has 0 fully saturated rings. The molecule has 0 unspecified atom stereocenters. The zero-order valence-electron chi connectivity index (χ0n) is 14.7. The van der Waals surface area contributed by atoms with Crippen molar-refractivity contribution in [2.24, 2.45) is 0 Å². The van der Waals surface area contributed by atoms with Crippen molar-refractivity contribution in [3.05, 3.63) is 34.4 Å². The van der Waals surface area contributed by atoms with E-state index in [1.165, 1.54) is 29.2 Å². The van der Waals surface area contributed by atoms with Gasteiger partial charge >= 0.3 is 0 Å². The van der Waals surface area contributed by atoms with E-state index in [2.05, 4.69) is 5.32 Å². The first-order valence-electron chi connectivity index (χ1n) is 7.50. The molecule has 0 aliphatic heterocycles. The Balaban J connectivity index is 2.60. The second kappa shape index (κ2) is 7.87. The number of rotatable bonds is 6. The molecule has 0 atom stereocenters. The highest BCUT2D eigenvalue weighted by Crippen LogP contribution is 2.18. The lowest BCUT2D eigenvalue weighted by Gasteiger charge is -2.24. The van der Waals surface area contributed by atoms with Crippen molar-refractivity contribution in [3.63, 3.8) is 0 Å². The molecule has 1 aromatic rings. The molecule has 0 aliphatic carbocycles. The van der Waals surface area contributed by atoms with Crippen LogP contribution in [0.25, 0.3) is 0 Å². The average molecular weight is 336 g/mol. The number of nitrogens with one attached hydrogen (secondary N) is 1. The Morgan fingerprint density at radius 2 is 1.67 bits per heavy atom. The molecule has 24 heavy (non-hydrogen) atoms. The summed E-state index contributed by atoms with van der Waals surface area (Å²) in [5.41, 5.74) is 0.200. The normalized spacial score (nSPS) is 11.2. The summed E-state index contributed by atoms with van der Waals surface area (Å²) in [6, 6.07) is 5.73. The molecule has 0 aromatic heterocycles. The number of carbonyl (C=O) groups is 2. The van der Waals surface area contributed by atoms with Crippen molar-refractivity contribution in [1.82, 2.24) is 10.2 Å². The van der Waals surface area contributed by atoms with Crippen LogP contribution in [0.4, 0.5) is 11.4 Å². The third-order valence-corrected chi connectivity index (χ3v) is 3.16. The summed E-state index contributed by atoms with van der Waals surface area (Å²) in [7, 11) is 3.27. The van der Waals surface area contributed by atoms with Gasteiger partial charge in [-0.2, -0.15) is 0 Å². The lowest BCUT2D eigenvalue weighted by atomic mass is 10.1. The van der Waals surface area contributed by atoms with Gasteiger partial charge in [0.1, 0.15) is 0 Å². The van der Waals surface area contributed by atoms with Crippen molar-refractivity contribution >= 4 is 23.2 Å². The Bertz CT molecular complexity index is 607. The van der Waals surface area contributed by atoms with Gasteiger partial charge in [-0.1, -0.05) is 0 Å². The van der Waals surface area contributed by atoms with Crippen LogP contribution >= 0.6 is 0 Å². The van der Waals surface area contributed by atoms with E-state index in [9.17, 15) is 19.7 Å². The Morgan fingerprint density at radius 3 is 2.12 bits per heavy atom. The van der Waals surface area contributed by atoms with Gasteiger partial charge < -0.3 is 10.2 Å². The highest BCUT2D eigenvalue weighted by Gasteiger charge is 2.18. The number of amides is 2. The lowest BCUT2D eigenvalue weighted by molar-refractivity contribution is -0.384. The van der Waals surface area contributed by atoms with Crippen LogP contribution in [0, 0.1) is 10.1 Å². The molecular weight excluding hydrogens is 312 g/mol. The molecule has 1 N–H and O–H groups in total. The molecule has 0 aliphatic rings. The number of benzene rings is 1. The van der Waals surface area contributed by atoms with Gasteiger partial charge in [0.15, 0.2) is 0 Å². The van der Waals surface area contributed by atoms with Crippen LogP contribution in [0.2, 0.25) is 0 Å². The van der Waals surface area contributed by atoms with E-state index in [4.69, 9.17) is 0 Å². The number of nitro benzene ring substituents is 1. The predicted molar refractivity (Wildman–Crippen MR) is 91.9 cm³/mol. The van der Waals surface area contributed by atoms with Crippen molar-refractivity contribution in [3.8, 4) is 0 Å². The fraction of sp³-hybridized carbons (Fsp3) is 0.500. The molecule has 0 saturated heterocycles. The second-order valence-electron chi connectivity index (χ2n) is 6.70. The summed E-state index contributed by atoms with van der Waals surface area (Å²) >= 11 is 0. The van der Waals surface area contributed by atoms with E-state index in [1.807, 2.05) is 20.8 Å². The van der Waals surface area contributed by atoms with Crippen LogP contribution in [-0.2, 0) is 9.59 Å². The van der Waals surface area contributed by atoms with Crippen LogP contribution < -0.4 is 10.2 Å². The van der Waals surface area contributed by atoms with Gasteiger partial charge in [-0.25, -0.2) is 0 Å². The van der Waals surface area contributed by atoms with Gasteiger partial charge in [-0.3, -0.25) is 24.6 Å². The zero-order chi connectivity index (χ0) is 18.5. The third-order valence-electron chi connectivity index (χ3n) is 3.16. The van der Waals surface area contributed by atoms with Gasteiger partial charge in [0.05, 0.1) is 18.0 Å². The van der Waals surface area contributed by atoms with Crippen molar-refractivity contribution in [1.29, 1.82) is 0 Å². The second-order valence-corrected chi connectivity index (χ2v) is 6.70. The maximum atomic E-state index is 12.3. The molecule has 1 rings (SSSR count). The minimum atomic E-state index is -0.493. The summed E-state index contributed by atoms with van der Waals surface area (Å²) < 4.78 is 0. The first kappa shape index (κ1) is 19.6. The van der Waals surface area contributed by atoms with Crippen LogP contribution in [-0.4, -0.2) is 54.4 Å². The Kier molecular flexibility index (Phi) is 6.42. The zero-order valence-corrected chi connectivity index (χ0v) is 14.7. The number of hydrogen-bond donors (Lipinski definition) is 1. The molecule has 8 nitrogen and oxygen atoms in total. The minimum Gasteiger partial charge on any atom is -0.350 e. The van der Waals surface area contributed by atoms with Crippen molar-refractivity contribution in [2.75, 3.05) is 32.1 Å². The van der Waals surface area contributed by atoms with Gasteiger partial charge in [0, 0.05) is 30.4 Å². The number of hydrogen-bond acceptors (Lipinski definition) is 5. The molecule has 1 aromatic carbocycles. The number of anilines is 1. The first-order valence-corrected chi connectivity index (χ1v) is 7.50. The van der Waals surface area contributed by atoms with Crippen LogP contribution in [0.1, 0.15) is 20.8 Å². The lowest BCUT2D eigenvalue weighted by Crippen LogP contribution is -2.47. The predicted octanol–water partition coefficient (Wildman–Crippen LogP) is 1.40. The molecule has 0 saturated carbocycles.